The summed E-state index contributed by atoms with van der Waals surface area (Å²) in [6, 6.07) is 7.82. The second-order valence-corrected chi connectivity index (χ2v) is 11.7. The van der Waals surface area contributed by atoms with Crippen molar-refractivity contribution >= 4 is 33.2 Å². The highest BCUT2D eigenvalue weighted by molar-refractivity contribution is 7.90. The van der Waals surface area contributed by atoms with Gasteiger partial charge in [-0.3, -0.25) is 4.79 Å². The molecule has 1 aromatic heterocycles. The summed E-state index contributed by atoms with van der Waals surface area (Å²) in [5, 5.41) is 3.09. The van der Waals surface area contributed by atoms with Gasteiger partial charge in [0.2, 0.25) is 0 Å². The Morgan fingerprint density at radius 1 is 1.21 bits per heavy atom. The third kappa shape index (κ3) is 5.09. The number of carbonyl (C=O) groups is 1. The molecule has 0 saturated carbocycles. The van der Waals surface area contributed by atoms with Gasteiger partial charge in [-0.15, -0.1) is 0 Å². The van der Waals surface area contributed by atoms with Gasteiger partial charge >= 0.3 is 0 Å². The van der Waals surface area contributed by atoms with Crippen LogP contribution in [0.4, 0.5) is 10.2 Å². The third-order valence-corrected chi connectivity index (χ3v) is 7.70. The van der Waals surface area contributed by atoms with E-state index in [0.717, 1.165) is 43.8 Å². The molecule has 2 aliphatic rings. The molecular formula is C23H27ClFN3O4S. The molecule has 1 amide bonds. The average molecular weight is 496 g/mol. The number of carbonyl (C=O) groups excluding carboxylic acids is 1. The predicted molar refractivity (Wildman–Crippen MR) is 124 cm³/mol. The van der Waals surface area contributed by atoms with Gasteiger partial charge in [0.1, 0.15) is 17.4 Å². The molecule has 0 spiro atoms. The second-order valence-electron chi connectivity index (χ2n) is 9.25. The summed E-state index contributed by atoms with van der Waals surface area (Å²) in [7, 11) is -3.29. The number of aromatic nitrogens is 1. The summed E-state index contributed by atoms with van der Waals surface area (Å²) in [6.07, 6.45) is 6.04. The Balaban J connectivity index is 1.40. The van der Waals surface area contributed by atoms with Gasteiger partial charge in [-0.2, -0.15) is 0 Å². The Labute approximate surface area is 198 Å². The van der Waals surface area contributed by atoms with Crippen LogP contribution in [0.1, 0.15) is 39.5 Å². The number of ether oxygens (including phenoxy) is 1. The molecular weight excluding hydrogens is 469 g/mol. The molecule has 2 aromatic rings. The molecule has 2 fully saturated rings. The normalized spacial score (nSPS) is 22.8. The second kappa shape index (κ2) is 8.76. The minimum atomic E-state index is -3.29. The van der Waals surface area contributed by atoms with Gasteiger partial charge in [-0.1, -0.05) is 11.6 Å². The van der Waals surface area contributed by atoms with Gasteiger partial charge in [0.15, 0.2) is 15.4 Å². The molecule has 1 aromatic carbocycles. The van der Waals surface area contributed by atoms with E-state index in [-0.39, 0.29) is 39.7 Å². The van der Waals surface area contributed by atoms with Crippen LogP contribution in [-0.2, 0) is 14.6 Å². The van der Waals surface area contributed by atoms with Crippen molar-refractivity contribution in [3.05, 3.63) is 47.4 Å². The highest BCUT2D eigenvalue weighted by Gasteiger charge is 2.43. The molecule has 3 heterocycles. The molecule has 2 atom stereocenters. The fourth-order valence-corrected chi connectivity index (χ4v) is 5.33. The molecule has 2 saturated heterocycles. The van der Waals surface area contributed by atoms with E-state index in [1.165, 1.54) is 18.3 Å². The number of sulfone groups is 1. The highest BCUT2D eigenvalue weighted by Crippen LogP contribution is 2.39. The fourth-order valence-electron chi connectivity index (χ4n) is 4.65. The number of halogens is 2. The van der Waals surface area contributed by atoms with E-state index in [9.17, 15) is 17.6 Å². The van der Waals surface area contributed by atoms with Gasteiger partial charge in [0.05, 0.1) is 9.92 Å². The Morgan fingerprint density at radius 2 is 1.88 bits per heavy atom. The van der Waals surface area contributed by atoms with Crippen LogP contribution in [0.2, 0.25) is 5.02 Å². The number of nitrogens with one attached hydrogen (secondary N) is 1. The molecule has 33 heavy (non-hydrogen) atoms. The molecule has 7 nitrogen and oxygen atoms in total. The van der Waals surface area contributed by atoms with Crippen LogP contribution in [0, 0.1) is 5.82 Å². The molecule has 2 aliphatic heterocycles. The molecule has 2 bridgehead atoms. The standard InChI is InChI=1S/C23H27ClFN3O4S/c1-23(2,32-17-6-8-19(24)20(25)12-17)22(29)27-14-10-15-4-5-16(11-14)28(15)21-9-7-18(13-26-21)33(3,30)31/h6-9,12-16H,4-5,10-11H2,1-3H3,(H,27,29). The van der Waals surface area contributed by atoms with Crippen LogP contribution in [0.5, 0.6) is 5.75 Å². The van der Waals surface area contributed by atoms with Crippen LogP contribution in [-0.4, -0.2) is 49.3 Å². The van der Waals surface area contributed by atoms with Crippen molar-refractivity contribution in [2.75, 3.05) is 11.2 Å². The molecule has 178 valence electrons. The summed E-state index contributed by atoms with van der Waals surface area (Å²) < 4.78 is 42.9. The summed E-state index contributed by atoms with van der Waals surface area (Å²) in [4.78, 5) is 19.8. The number of pyridine rings is 1. The van der Waals surface area contributed by atoms with Crippen molar-refractivity contribution in [1.29, 1.82) is 0 Å². The smallest absolute Gasteiger partial charge is 0.263 e. The number of rotatable bonds is 6. The lowest BCUT2D eigenvalue weighted by atomic mass is 9.96. The van der Waals surface area contributed by atoms with Gasteiger partial charge < -0.3 is 15.0 Å². The van der Waals surface area contributed by atoms with E-state index in [0.29, 0.717) is 0 Å². The maximum absolute atomic E-state index is 13.7. The van der Waals surface area contributed by atoms with Crippen molar-refractivity contribution in [3.8, 4) is 5.75 Å². The van der Waals surface area contributed by atoms with Gasteiger partial charge in [-0.25, -0.2) is 17.8 Å². The van der Waals surface area contributed by atoms with E-state index in [1.54, 1.807) is 26.0 Å². The van der Waals surface area contributed by atoms with Crippen LogP contribution >= 0.6 is 11.6 Å². The fraction of sp³-hybridized carbons (Fsp3) is 0.478. The molecule has 1 N–H and O–H groups in total. The number of benzene rings is 1. The van der Waals surface area contributed by atoms with Crippen LogP contribution in [0.15, 0.2) is 41.4 Å². The zero-order chi connectivity index (χ0) is 24.0. The van der Waals surface area contributed by atoms with E-state index in [4.69, 9.17) is 16.3 Å². The van der Waals surface area contributed by atoms with Gasteiger partial charge in [0, 0.05) is 36.6 Å². The van der Waals surface area contributed by atoms with Crippen LogP contribution in [0.25, 0.3) is 0 Å². The number of nitrogens with zero attached hydrogens (tertiary/aromatic N) is 2. The van der Waals surface area contributed by atoms with Gasteiger partial charge in [-0.05, 0) is 63.8 Å². The lowest BCUT2D eigenvalue weighted by Gasteiger charge is -2.40. The highest BCUT2D eigenvalue weighted by atomic mass is 35.5. The van der Waals surface area contributed by atoms with Gasteiger partial charge in [0.25, 0.3) is 5.91 Å². The first-order chi connectivity index (χ1) is 15.4. The van der Waals surface area contributed by atoms with E-state index >= 15 is 0 Å². The summed E-state index contributed by atoms with van der Waals surface area (Å²) >= 11 is 5.72. The van der Waals surface area contributed by atoms with Crippen LogP contribution < -0.4 is 15.0 Å². The Hall–Kier alpha value is -2.39. The molecule has 0 radical (unpaired) electrons. The topological polar surface area (TPSA) is 88.6 Å². The van der Waals surface area contributed by atoms with Crippen molar-refractivity contribution in [3.63, 3.8) is 0 Å². The molecule has 4 rings (SSSR count). The van der Waals surface area contributed by atoms with Crippen LogP contribution in [0.3, 0.4) is 0 Å². The number of hydrogen-bond acceptors (Lipinski definition) is 6. The maximum Gasteiger partial charge on any atom is 0.263 e. The summed E-state index contributed by atoms with van der Waals surface area (Å²) in [6.45, 7) is 3.29. The largest absolute Gasteiger partial charge is 0.478 e. The zero-order valence-corrected chi connectivity index (χ0v) is 20.3. The average Bonchev–Trinajstić information content (AvgIpc) is 3.00. The number of anilines is 1. The molecule has 0 aliphatic carbocycles. The first-order valence-corrected chi connectivity index (χ1v) is 13.1. The molecule has 2 unspecified atom stereocenters. The van der Waals surface area contributed by atoms with Crippen molar-refractivity contribution in [1.82, 2.24) is 10.3 Å². The number of piperidine rings is 1. The Bertz CT molecular complexity index is 1140. The SMILES string of the molecule is CC(C)(Oc1ccc(Cl)c(F)c1)C(=O)NC1CC2CCC(C1)N2c1ccc(S(C)(=O)=O)cn1. The summed E-state index contributed by atoms with van der Waals surface area (Å²) in [5.74, 6) is 0.113. The Kier molecular flexibility index (Phi) is 6.30. The Morgan fingerprint density at radius 3 is 2.42 bits per heavy atom. The lowest BCUT2D eigenvalue weighted by molar-refractivity contribution is -0.135. The predicted octanol–water partition coefficient (Wildman–Crippen LogP) is 3.75. The molecule has 10 heteroatoms. The quantitative estimate of drug-likeness (QED) is 0.656. The van der Waals surface area contributed by atoms with E-state index in [1.807, 2.05) is 0 Å². The van der Waals surface area contributed by atoms with Crippen molar-refractivity contribution < 1.29 is 22.3 Å². The number of amides is 1. The van der Waals surface area contributed by atoms with Crippen molar-refractivity contribution in [2.45, 2.75) is 68.2 Å². The first-order valence-electron chi connectivity index (χ1n) is 10.8. The monoisotopic (exact) mass is 495 g/mol. The van der Waals surface area contributed by atoms with E-state index < -0.39 is 21.3 Å². The first kappa shape index (κ1) is 23.8. The minimum absolute atomic E-state index is 0.00714. The summed E-state index contributed by atoms with van der Waals surface area (Å²) in [5.41, 5.74) is -1.19. The van der Waals surface area contributed by atoms with Crippen molar-refractivity contribution in [2.24, 2.45) is 0 Å². The minimum Gasteiger partial charge on any atom is -0.478 e. The zero-order valence-electron chi connectivity index (χ0n) is 18.7. The third-order valence-electron chi connectivity index (χ3n) is 6.29. The lowest BCUT2D eigenvalue weighted by Crippen LogP contribution is -2.55. The number of hydrogen-bond donors (Lipinski definition) is 1. The maximum atomic E-state index is 13.7. The van der Waals surface area contributed by atoms with E-state index in [2.05, 4.69) is 15.2 Å². The number of fused-ring (bicyclic) bond motifs is 2.